The van der Waals surface area contributed by atoms with Crippen LogP contribution in [0.2, 0.25) is 0 Å². The third-order valence-electron chi connectivity index (χ3n) is 2.83. The van der Waals surface area contributed by atoms with E-state index < -0.39 is 24.1 Å². The summed E-state index contributed by atoms with van der Waals surface area (Å²) in [7, 11) is 0. The molecular formula is C11H13N3O4. The molecule has 2 rings (SSSR count). The van der Waals surface area contributed by atoms with Crippen LogP contribution in [-0.4, -0.2) is 38.6 Å². The Morgan fingerprint density at radius 3 is 3.00 bits per heavy atom. The molecule has 3 atom stereocenters. The first-order valence-corrected chi connectivity index (χ1v) is 5.36. The zero-order chi connectivity index (χ0) is 13.3. The Kier molecular flexibility index (Phi) is 3.34. The van der Waals surface area contributed by atoms with Crippen LogP contribution in [0.4, 0.5) is 5.82 Å². The Bertz CT molecular complexity index is 548. The molecule has 1 fully saturated rings. The zero-order valence-electron chi connectivity index (χ0n) is 9.48. The molecule has 1 unspecified atom stereocenters. The number of nitrogens with two attached hydrogens (primary N) is 1. The highest BCUT2D eigenvalue weighted by Gasteiger charge is 2.35. The molecule has 7 heteroatoms. The lowest BCUT2D eigenvalue weighted by Gasteiger charge is -2.14. The number of terminal acetylenes is 1. The van der Waals surface area contributed by atoms with Crippen LogP contribution in [0.1, 0.15) is 18.2 Å². The number of aromatic nitrogens is 2. The van der Waals surface area contributed by atoms with Gasteiger partial charge in [-0.3, -0.25) is 4.57 Å². The van der Waals surface area contributed by atoms with E-state index in [1.165, 1.54) is 10.8 Å². The molecule has 0 radical (unpaired) electrons. The molecule has 18 heavy (non-hydrogen) atoms. The number of nitrogen functional groups attached to an aromatic ring is 1. The Labute approximate surface area is 103 Å². The van der Waals surface area contributed by atoms with Gasteiger partial charge in [0.25, 0.3) is 0 Å². The molecule has 2 heterocycles. The molecule has 7 nitrogen and oxygen atoms in total. The van der Waals surface area contributed by atoms with Crippen LogP contribution in [0.15, 0.2) is 11.0 Å². The maximum Gasteiger partial charge on any atom is 0.351 e. The Balaban J connectivity index is 2.36. The van der Waals surface area contributed by atoms with E-state index in [2.05, 4.69) is 10.9 Å². The number of rotatable bonds is 2. The van der Waals surface area contributed by atoms with Crippen molar-refractivity contribution in [1.82, 2.24) is 9.55 Å². The average molecular weight is 251 g/mol. The SMILES string of the molecule is C#Cc1cn([C@H]2CC(O)[C@@H](CO)O2)c(=O)nc1N. The molecule has 1 saturated heterocycles. The van der Waals surface area contributed by atoms with Crippen LogP contribution in [0, 0.1) is 12.3 Å². The zero-order valence-corrected chi connectivity index (χ0v) is 9.48. The van der Waals surface area contributed by atoms with E-state index in [4.69, 9.17) is 22.0 Å². The fourth-order valence-electron chi connectivity index (χ4n) is 1.85. The fourth-order valence-corrected chi connectivity index (χ4v) is 1.85. The maximum absolute atomic E-state index is 11.7. The van der Waals surface area contributed by atoms with E-state index >= 15 is 0 Å². The quantitative estimate of drug-likeness (QED) is 0.549. The number of ether oxygens (including phenoxy) is 1. The first-order valence-electron chi connectivity index (χ1n) is 5.36. The summed E-state index contributed by atoms with van der Waals surface area (Å²) in [4.78, 5) is 15.3. The Morgan fingerprint density at radius 2 is 2.44 bits per heavy atom. The fraction of sp³-hybridized carbons (Fsp3) is 0.455. The molecule has 1 aliphatic heterocycles. The predicted molar refractivity (Wildman–Crippen MR) is 62.5 cm³/mol. The van der Waals surface area contributed by atoms with Crippen LogP contribution in [-0.2, 0) is 4.74 Å². The number of anilines is 1. The first kappa shape index (κ1) is 12.6. The normalized spacial score (nSPS) is 27.1. The minimum atomic E-state index is -0.835. The maximum atomic E-state index is 11.7. The van der Waals surface area contributed by atoms with Crippen molar-refractivity contribution >= 4 is 5.82 Å². The summed E-state index contributed by atoms with van der Waals surface area (Å²) >= 11 is 0. The molecule has 1 aromatic heterocycles. The van der Waals surface area contributed by atoms with E-state index in [-0.39, 0.29) is 24.4 Å². The van der Waals surface area contributed by atoms with Gasteiger partial charge in [-0.25, -0.2) is 4.79 Å². The molecule has 0 spiro atoms. The monoisotopic (exact) mass is 251 g/mol. The second-order valence-corrected chi connectivity index (χ2v) is 3.99. The molecule has 1 aromatic rings. The standard InChI is InChI=1S/C11H13N3O4/c1-2-6-4-14(11(17)13-10(6)12)9-3-7(16)8(5-15)18-9/h1,4,7-9,15-16H,3,5H2,(H2,12,13,17)/t7?,8-,9-/m1/s1. The summed E-state index contributed by atoms with van der Waals surface area (Å²) in [6.45, 7) is -0.323. The molecule has 0 amide bonds. The predicted octanol–water partition coefficient (Wildman–Crippen LogP) is -1.55. The minimum absolute atomic E-state index is 0.0176. The van der Waals surface area contributed by atoms with Crippen LogP contribution in [0.3, 0.4) is 0 Å². The van der Waals surface area contributed by atoms with Gasteiger partial charge in [0.1, 0.15) is 18.1 Å². The van der Waals surface area contributed by atoms with Gasteiger partial charge < -0.3 is 20.7 Å². The van der Waals surface area contributed by atoms with Gasteiger partial charge in [0, 0.05) is 12.6 Å². The summed E-state index contributed by atoms with van der Waals surface area (Å²) in [6.07, 6.45) is 4.53. The third-order valence-corrected chi connectivity index (χ3v) is 2.83. The number of hydrogen-bond acceptors (Lipinski definition) is 6. The van der Waals surface area contributed by atoms with E-state index in [1.807, 2.05) is 0 Å². The second kappa shape index (κ2) is 4.78. The van der Waals surface area contributed by atoms with Crippen molar-refractivity contribution in [2.24, 2.45) is 0 Å². The van der Waals surface area contributed by atoms with Crippen molar-refractivity contribution in [3.63, 3.8) is 0 Å². The van der Waals surface area contributed by atoms with E-state index in [1.54, 1.807) is 0 Å². The van der Waals surface area contributed by atoms with Crippen LogP contribution in [0.5, 0.6) is 0 Å². The molecule has 0 bridgehead atoms. The van der Waals surface area contributed by atoms with Gasteiger partial charge in [0.15, 0.2) is 0 Å². The molecule has 0 aliphatic carbocycles. The summed E-state index contributed by atoms with van der Waals surface area (Å²) in [5.41, 5.74) is 5.15. The van der Waals surface area contributed by atoms with Crippen molar-refractivity contribution in [2.75, 3.05) is 12.3 Å². The van der Waals surface area contributed by atoms with Crippen molar-refractivity contribution in [2.45, 2.75) is 24.9 Å². The number of aliphatic hydroxyl groups is 2. The Morgan fingerprint density at radius 1 is 1.72 bits per heavy atom. The van der Waals surface area contributed by atoms with Gasteiger partial charge in [-0.1, -0.05) is 5.92 Å². The molecule has 0 aromatic carbocycles. The summed E-state index contributed by atoms with van der Waals surface area (Å²) in [6, 6.07) is 0. The van der Waals surface area contributed by atoms with Crippen LogP contribution < -0.4 is 11.4 Å². The van der Waals surface area contributed by atoms with Crippen molar-refractivity contribution in [3.05, 3.63) is 22.2 Å². The van der Waals surface area contributed by atoms with Gasteiger partial charge in [0.05, 0.1) is 18.3 Å². The molecule has 96 valence electrons. The third kappa shape index (κ3) is 2.09. The van der Waals surface area contributed by atoms with Gasteiger partial charge in [-0.15, -0.1) is 6.42 Å². The van der Waals surface area contributed by atoms with Crippen LogP contribution in [0.25, 0.3) is 0 Å². The average Bonchev–Trinajstić information content (AvgIpc) is 2.70. The number of nitrogens with zero attached hydrogens (tertiary/aromatic N) is 2. The topological polar surface area (TPSA) is 111 Å². The summed E-state index contributed by atoms with van der Waals surface area (Å²) < 4.78 is 6.51. The number of aliphatic hydroxyl groups excluding tert-OH is 2. The van der Waals surface area contributed by atoms with Gasteiger partial charge in [-0.05, 0) is 0 Å². The van der Waals surface area contributed by atoms with Gasteiger partial charge in [0.2, 0.25) is 0 Å². The van der Waals surface area contributed by atoms with Gasteiger partial charge in [-0.2, -0.15) is 4.98 Å². The Hall–Kier alpha value is -1.88. The number of hydrogen-bond donors (Lipinski definition) is 3. The van der Waals surface area contributed by atoms with Crippen molar-refractivity contribution < 1.29 is 14.9 Å². The lowest BCUT2D eigenvalue weighted by atomic mass is 10.2. The molecule has 4 N–H and O–H groups in total. The van der Waals surface area contributed by atoms with Crippen LogP contribution >= 0.6 is 0 Å². The highest BCUT2D eigenvalue weighted by molar-refractivity contribution is 5.47. The van der Waals surface area contributed by atoms with Gasteiger partial charge >= 0.3 is 5.69 Å². The largest absolute Gasteiger partial charge is 0.394 e. The second-order valence-electron chi connectivity index (χ2n) is 3.99. The van der Waals surface area contributed by atoms with E-state index in [0.717, 1.165) is 0 Å². The highest BCUT2D eigenvalue weighted by atomic mass is 16.5. The highest BCUT2D eigenvalue weighted by Crippen LogP contribution is 2.27. The molecule has 1 aliphatic rings. The smallest absolute Gasteiger partial charge is 0.351 e. The molecule has 0 saturated carbocycles. The van der Waals surface area contributed by atoms with Crippen molar-refractivity contribution in [3.8, 4) is 12.3 Å². The van der Waals surface area contributed by atoms with Crippen molar-refractivity contribution in [1.29, 1.82) is 0 Å². The van der Waals surface area contributed by atoms with E-state index in [9.17, 15) is 9.90 Å². The lowest BCUT2D eigenvalue weighted by molar-refractivity contribution is -0.0458. The molecular weight excluding hydrogens is 238 g/mol. The van der Waals surface area contributed by atoms with E-state index in [0.29, 0.717) is 0 Å². The first-order chi connectivity index (χ1) is 8.56. The minimum Gasteiger partial charge on any atom is -0.394 e. The lowest BCUT2D eigenvalue weighted by Crippen LogP contribution is -2.28. The summed E-state index contributed by atoms with van der Waals surface area (Å²) in [5.74, 6) is 2.29. The summed E-state index contributed by atoms with van der Waals surface area (Å²) in [5, 5.41) is 18.6.